The van der Waals surface area contributed by atoms with Crippen molar-refractivity contribution in [3.8, 4) is 0 Å². The second-order valence-corrected chi connectivity index (χ2v) is 6.63. The molecule has 0 aliphatic carbocycles. The van der Waals surface area contributed by atoms with E-state index in [-0.39, 0.29) is 18.1 Å². The van der Waals surface area contributed by atoms with Crippen LogP contribution < -0.4 is 4.90 Å². The molecule has 2 rings (SSSR count). The Morgan fingerprint density at radius 1 is 1.12 bits per heavy atom. The van der Waals surface area contributed by atoms with Crippen molar-refractivity contribution in [1.29, 1.82) is 0 Å². The highest BCUT2D eigenvalue weighted by Crippen LogP contribution is 2.25. The molecule has 0 spiro atoms. The lowest BCUT2D eigenvalue weighted by Gasteiger charge is -2.28. The highest BCUT2D eigenvalue weighted by Gasteiger charge is 2.21. The van der Waals surface area contributed by atoms with E-state index in [4.69, 9.17) is 4.74 Å². The molecule has 0 aromatic heterocycles. The molecule has 0 saturated carbocycles. The van der Waals surface area contributed by atoms with Gasteiger partial charge in [0.05, 0.1) is 5.56 Å². The molecule has 0 fully saturated rings. The van der Waals surface area contributed by atoms with Crippen molar-refractivity contribution in [3.05, 3.63) is 29.3 Å². The number of rotatable bonds is 3. The highest BCUT2D eigenvalue weighted by atomic mass is 16.5. The monoisotopic (exact) mass is 348 g/mol. The van der Waals surface area contributed by atoms with Gasteiger partial charge in [-0.2, -0.15) is 0 Å². The molecule has 1 aliphatic heterocycles. The Labute approximate surface area is 149 Å². The molecular weight excluding hydrogens is 320 g/mol. The molecule has 1 aromatic carbocycles. The third-order valence-corrected chi connectivity index (χ3v) is 4.55. The maximum atomic E-state index is 12.5. The molecule has 1 aromatic rings. The van der Waals surface area contributed by atoms with Crippen molar-refractivity contribution in [1.82, 2.24) is 4.90 Å². The number of carbonyl (C=O) groups is 2. The van der Waals surface area contributed by atoms with Gasteiger partial charge in [-0.1, -0.05) is 19.3 Å². The molecule has 25 heavy (non-hydrogen) atoms. The fourth-order valence-corrected chi connectivity index (χ4v) is 3.24. The van der Waals surface area contributed by atoms with Gasteiger partial charge in [0, 0.05) is 25.9 Å². The van der Waals surface area contributed by atoms with E-state index < -0.39 is 5.97 Å². The van der Waals surface area contributed by atoms with Crippen molar-refractivity contribution < 1.29 is 19.4 Å². The number of hydrogen-bond donors (Lipinski definition) is 1. The summed E-state index contributed by atoms with van der Waals surface area (Å²) >= 11 is 0. The summed E-state index contributed by atoms with van der Waals surface area (Å²) in [5.41, 5.74) is 1.91. The number of amides is 1. The van der Waals surface area contributed by atoms with Crippen molar-refractivity contribution in [3.63, 3.8) is 0 Å². The Morgan fingerprint density at radius 3 is 2.48 bits per heavy atom. The molecule has 0 radical (unpaired) electrons. The molecule has 0 unspecified atom stereocenters. The lowest BCUT2D eigenvalue weighted by Crippen LogP contribution is -2.36. The first-order chi connectivity index (χ1) is 12.0. The number of benzene rings is 1. The van der Waals surface area contributed by atoms with Crippen LogP contribution in [0.4, 0.5) is 5.69 Å². The minimum absolute atomic E-state index is 0.0238. The van der Waals surface area contributed by atoms with Crippen LogP contribution in [0.1, 0.15) is 48.0 Å². The van der Waals surface area contributed by atoms with E-state index in [9.17, 15) is 14.7 Å². The van der Waals surface area contributed by atoms with Gasteiger partial charge in [0.25, 0.3) is 5.91 Å². The lowest BCUT2D eigenvalue weighted by atomic mass is 10.0. The Hall–Kier alpha value is -1.92. The topological polar surface area (TPSA) is 70.1 Å². The fourth-order valence-electron chi connectivity index (χ4n) is 3.24. The van der Waals surface area contributed by atoms with Gasteiger partial charge < -0.3 is 19.6 Å². The summed E-state index contributed by atoms with van der Waals surface area (Å²) in [4.78, 5) is 27.8. The molecule has 138 valence electrons. The molecule has 0 atom stereocenters. The molecule has 1 N–H and O–H groups in total. The Morgan fingerprint density at radius 2 is 1.80 bits per heavy atom. The molecule has 0 bridgehead atoms. The molecule has 6 nitrogen and oxygen atoms in total. The normalized spacial score (nSPS) is 17.3. The molecule has 1 aliphatic rings. The van der Waals surface area contributed by atoms with E-state index in [0.29, 0.717) is 13.1 Å². The van der Waals surface area contributed by atoms with Crippen LogP contribution in [0.2, 0.25) is 0 Å². The van der Waals surface area contributed by atoms with Gasteiger partial charge in [-0.3, -0.25) is 4.79 Å². The number of fused-ring (bicyclic) bond motifs is 1. The number of carboxylic acids is 1. The molecule has 6 heteroatoms. The standard InChI is InChI=1S/C19H28N2O4/c1-20-10-6-4-3-5-7-11-21(18(22)14-25-2)17-9-8-15(19(23)24)12-16(17)13-20/h8-9,12H,3-7,10-11,13-14H2,1-2H3,(H,23,24). The number of nitrogens with zero attached hydrogens (tertiary/aromatic N) is 2. The van der Waals surface area contributed by atoms with Gasteiger partial charge in [-0.05, 0) is 50.2 Å². The van der Waals surface area contributed by atoms with Gasteiger partial charge in [-0.15, -0.1) is 0 Å². The summed E-state index contributed by atoms with van der Waals surface area (Å²) in [6, 6.07) is 5.01. The molecule has 0 saturated heterocycles. The number of aromatic carboxylic acids is 1. The van der Waals surface area contributed by atoms with Gasteiger partial charge >= 0.3 is 5.97 Å². The number of methoxy groups -OCH3 is 1. The smallest absolute Gasteiger partial charge is 0.335 e. The maximum Gasteiger partial charge on any atom is 0.335 e. The van der Waals surface area contributed by atoms with E-state index in [0.717, 1.165) is 37.1 Å². The lowest BCUT2D eigenvalue weighted by molar-refractivity contribution is -0.122. The van der Waals surface area contributed by atoms with E-state index >= 15 is 0 Å². The van der Waals surface area contributed by atoms with E-state index in [1.165, 1.54) is 20.0 Å². The fraction of sp³-hybridized carbons (Fsp3) is 0.579. The predicted molar refractivity (Wildman–Crippen MR) is 97.0 cm³/mol. The third-order valence-electron chi connectivity index (χ3n) is 4.55. The Bertz CT molecular complexity index is 603. The number of ether oxygens (including phenoxy) is 1. The minimum atomic E-state index is -0.952. The zero-order chi connectivity index (χ0) is 18.2. The zero-order valence-electron chi connectivity index (χ0n) is 15.2. The predicted octanol–water partition coefficient (Wildman–Crippen LogP) is 2.76. The van der Waals surface area contributed by atoms with Crippen LogP contribution in [0, 0.1) is 0 Å². The summed E-state index contributed by atoms with van der Waals surface area (Å²) < 4.78 is 5.03. The Kier molecular flexibility index (Phi) is 7.40. The summed E-state index contributed by atoms with van der Waals surface area (Å²) in [5, 5.41) is 9.31. The molecular formula is C19H28N2O4. The summed E-state index contributed by atoms with van der Waals surface area (Å²) in [6.07, 6.45) is 5.51. The van der Waals surface area contributed by atoms with Gasteiger partial charge in [0.1, 0.15) is 6.61 Å². The SMILES string of the molecule is COCC(=O)N1CCCCCCCN(C)Cc2cc(C(=O)O)ccc21. The number of carboxylic acid groups (broad SMARTS) is 1. The van der Waals surface area contributed by atoms with E-state index in [1.807, 2.05) is 7.05 Å². The summed E-state index contributed by atoms with van der Waals surface area (Å²) in [5.74, 6) is -1.04. The van der Waals surface area contributed by atoms with Crippen molar-refractivity contribution >= 4 is 17.6 Å². The number of anilines is 1. The minimum Gasteiger partial charge on any atom is -0.478 e. The number of carbonyl (C=O) groups excluding carboxylic acids is 1. The second kappa shape index (κ2) is 9.53. The van der Waals surface area contributed by atoms with Crippen molar-refractivity contribution in [2.45, 2.75) is 38.6 Å². The highest BCUT2D eigenvalue weighted by molar-refractivity contribution is 5.96. The van der Waals surface area contributed by atoms with Crippen molar-refractivity contribution in [2.24, 2.45) is 0 Å². The first-order valence-corrected chi connectivity index (χ1v) is 8.87. The van der Waals surface area contributed by atoms with Crippen molar-refractivity contribution in [2.75, 3.05) is 38.8 Å². The van der Waals surface area contributed by atoms with Crippen LogP contribution >= 0.6 is 0 Å². The first kappa shape index (κ1) is 19.4. The van der Waals surface area contributed by atoms with Crippen LogP contribution in [-0.4, -0.2) is 55.7 Å². The zero-order valence-corrected chi connectivity index (χ0v) is 15.2. The van der Waals surface area contributed by atoms with Gasteiger partial charge in [0.15, 0.2) is 0 Å². The first-order valence-electron chi connectivity index (χ1n) is 8.87. The average molecular weight is 348 g/mol. The van der Waals surface area contributed by atoms with Gasteiger partial charge in [-0.25, -0.2) is 4.79 Å². The quantitative estimate of drug-likeness (QED) is 0.909. The second-order valence-electron chi connectivity index (χ2n) is 6.63. The summed E-state index contributed by atoms with van der Waals surface area (Å²) in [7, 11) is 3.54. The third kappa shape index (κ3) is 5.54. The van der Waals surface area contributed by atoms with E-state index in [2.05, 4.69) is 4.90 Å². The van der Waals surface area contributed by atoms with E-state index in [1.54, 1.807) is 23.1 Å². The van der Waals surface area contributed by atoms with Crippen LogP contribution in [-0.2, 0) is 16.1 Å². The van der Waals surface area contributed by atoms with Crippen LogP contribution in [0.5, 0.6) is 0 Å². The summed E-state index contributed by atoms with van der Waals surface area (Å²) in [6.45, 7) is 2.23. The van der Waals surface area contributed by atoms with Gasteiger partial charge in [0.2, 0.25) is 0 Å². The maximum absolute atomic E-state index is 12.5. The Balaban J connectivity index is 2.41. The molecule has 1 heterocycles. The van der Waals surface area contributed by atoms with Crippen LogP contribution in [0.3, 0.4) is 0 Å². The van der Waals surface area contributed by atoms with Crippen LogP contribution in [0.25, 0.3) is 0 Å². The largest absolute Gasteiger partial charge is 0.478 e. The number of hydrogen-bond acceptors (Lipinski definition) is 4. The molecule has 1 amide bonds. The van der Waals surface area contributed by atoms with Crippen LogP contribution in [0.15, 0.2) is 18.2 Å². The average Bonchev–Trinajstić information content (AvgIpc) is 2.56.